The molecule has 122 valence electrons. The van der Waals surface area contributed by atoms with Crippen molar-refractivity contribution in [2.45, 2.75) is 6.54 Å². The van der Waals surface area contributed by atoms with E-state index in [9.17, 15) is 4.79 Å². The first-order valence-corrected chi connectivity index (χ1v) is 7.49. The van der Waals surface area contributed by atoms with Crippen molar-refractivity contribution in [1.82, 2.24) is 24.6 Å². The van der Waals surface area contributed by atoms with Crippen molar-refractivity contribution in [3.8, 4) is 0 Å². The summed E-state index contributed by atoms with van der Waals surface area (Å²) in [6, 6.07) is 9.03. The van der Waals surface area contributed by atoms with Crippen LogP contribution in [0.3, 0.4) is 0 Å². The molecule has 0 radical (unpaired) electrons. The Balaban J connectivity index is 1.71. The van der Waals surface area contributed by atoms with Crippen LogP contribution in [-0.2, 0) is 13.6 Å². The number of anilines is 2. The van der Waals surface area contributed by atoms with Crippen molar-refractivity contribution >= 4 is 17.5 Å². The summed E-state index contributed by atoms with van der Waals surface area (Å²) in [4.78, 5) is 22.5. The maximum atomic E-state index is 12.6. The summed E-state index contributed by atoms with van der Waals surface area (Å²) in [5.74, 6) is 0.433. The van der Waals surface area contributed by atoms with Crippen LogP contribution in [0.4, 0.5) is 11.6 Å². The van der Waals surface area contributed by atoms with Crippen LogP contribution in [0.15, 0.2) is 55.1 Å². The van der Waals surface area contributed by atoms with Gasteiger partial charge < -0.3 is 10.2 Å². The lowest BCUT2D eigenvalue weighted by atomic mass is 10.1. The second-order valence-corrected chi connectivity index (χ2v) is 5.46. The fourth-order valence-corrected chi connectivity index (χ4v) is 2.34. The molecule has 2 aromatic heterocycles. The Hall–Kier alpha value is -3.22. The minimum Gasteiger partial charge on any atom is -0.337 e. The molecule has 7 heteroatoms. The topological polar surface area (TPSA) is 75.9 Å². The molecule has 7 nitrogen and oxygen atoms in total. The van der Waals surface area contributed by atoms with Gasteiger partial charge in [-0.05, 0) is 24.3 Å². The smallest absolute Gasteiger partial charge is 0.253 e. The number of nitrogens with one attached hydrogen (secondary N) is 1. The highest BCUT2D eigenvalue weighted by Crippen LogP contribution is 2.16. The van der Waals surface area contributed by atoms with Crippen molar-refractivity contribution in [2.75, 3.05) is 12.4 Å². The molecule has 0 atom stereocenters. The van der Waals surface area contributed by atoms with Gasteiger partial charge in [0.1, 0.15) is 0 Å². The highest BCUT2D eigenvalue weighted by molar-refractivity contribution is 5.95. The van der Waals surface area contributed by atoms with Gasteiger partial charge in [-0.1, -0.05) is 6.07 Å². The number of hydrogen-bond donors (Lipinski definition) is 1. The zero-order valence-corrected chi connectivity index (χ0v) is 13.5. The van der Waals surface area contributed by atoms with E-state index in [-0.39, 0.29) is 5.91 Å². The van der Waals surface area contributed by atoms with E-state index in [0.29, 0.717) is 18.1 Å². The maximum absolute atomic E-state index is 12.6. The molecule has 0 spiro atoms. The van der Waals surface area contributed by atoms with Gasteiger partial charge in [0.15, 0.2) is 0 Å². The van der Waals surface area contributed by atoms with Crippen LogP contribution < -0.4 is 5.32 Å². The lowest BCUT2D eigenvalue weighted by molar-refractivity contribution is 0.0785. The predicted molar refractivity (Wildman–Crippen MR) is 90.8 cm³/mol. The fourth-order valence-electron chi connectivity index (χ4n) is 2.34. The Morgan fingerprint density at radius 2 is 2.04 bits per heavy atom. The third kappa shape index (κ3) is 3.75. The third-order valence-corrected chi connectivity index (χ3v) is 3.46. The Labute approximate surface area is 140 Å². The van der Waals surface area contributed by atoms with E-state index in [1.54, 1.807) is 53.4 Å². The van der Waals surface area contributed by atoms with Gasteiger partial charge in [-0.3, -0.25) is 9.48 Å². The number of rotatable bonds is 5. The van der Waals surface area contributed by atoms with Crippen LogP contribution in [-0.4, -0.2) is 37.6 Å². The first-order valence-electron chi connectivity index (χ1n) is 7.49. The van der Waals surface area contributed by atoms with Gasteiger partial charge in [-0.15, -0.1) is 0 Å². The summed E-state index contributed by atoms with van der Waals surface area (Å²) in [5, 5.41) is 7.20. The first-order chi connectivity index (χ1) is 11.6. The molecule has 1 N–H and O–H groups in total. The number of aryl methyl sites for hydroxylation is 1. The summed E-state index contributed by atoms with van der Waals surface area (Å²) < 4.78 is 1.72. The van der Waals surface area contributed by atoms with E-state index in [1.807, 2.05) is 25.4 Å². The Morgan fingerprint density at radius 1 is 1.25 bits per heavy atom. The summed E-state index contributed by atoms with van der Waals surface area (Å²) in [5.41, 5.74) is 2.35. The van der Waals surface area contributed by atoms with Crippen molar-refractivity contribution < 1.29 is 4.79 Å². The van der Waals surface area contributed by atoms with Crippen LogP contribution in [0.1, 0.15) is 15.9 Å². The normalized spacial score (nSPS) is 10.4. The molecule has 1 amide bonds. The monoisotopic (exact) mass is 322 g/mol. The SMILES string of the molecule is CN(Cc1cnn(C)c1)C(=O)c1cccc(Nc2ncccn2)c1. The van der Waals surface area contributed by atoms with Gasteiger partial charge in [0.25, 0.3) is 5.91 Å². The Kier molecular flexibility index (Phi) is 4.51. The quantitative estimate of drug-likeness (QED) is 0.779. The number of carbonyl (C=O) groups excluding carboxylic acids is 1. The van der Waals surface area contributed by atoms with Gasteiger partial charge >= 0.3 is 0 Å². The number of carbonyl (C=O) groups is 1. The van der Waals surface area contributed by atoms with Gasteiger partial charge in [0.2, 0.25) is 5.95 Å². The molecular formula is C17H18N6O. The molecule has 0 bridgehead atoms. The number of nitrogens with zero attached hydrogens (tertiary/aromatic N) is 5. The van der Waals surface area contributed by atoms with Gasteiger partial charge in [0.05, 0.1) is 6.20 Å². The predicted octanol–water partition coefficient (Wildman–Crippen LogP) is 2.23. The van der Waals surface area contributed by atoms with E-state index < -0.39 is 0 Å². The molecular weight excluding hydrogens is 304 g/mol. The number of hydrogen-bond acceptors (Lipinski definition) is 5. The van der Waals surface area contributed by atoms with Crippen LogP contribution in [0.5, 0.6) is 0 Å². The van der Waals surface area contributed by atoms with Gasteiger partial charge in [-0.25, -0.2) is 9.97 Å². The van der Waals surface area contributed by atoms with Crippen LogP contribution >= 0.6 is 0 Å². The highest BCUT2D eigenvalue weighted by atomic mass is 16.2. The molecule has 0 saturated carbocycles. The largest absolute Gasteiger partial charge is 0.337 e. The number of benzene rings is 1. The highest BCUT2D eigenvalue weighted by Gasteiger charge is 2.13. The molecule has 0 aliphatic carbocycles. The van der Waals surface area contributed by atoms with Crippen LogP contribution in [0.2, 0.25) is 0 Å². The van der Waals surface area contributed by atoms with E-state index in [2.05, 4.69) is 20.4 Å². The fraction of sp³-hybridized carbons (Fsp3) is 0.176. The Bertz CT molecular complexity index is 830. The van der Waals surface area contributed by atoms with Gasteiger partial charge in [0, 0.05) is 56.0 Å². The van der Waals surface area contributed by atoms with E-state index >= 15 is 0 Å². The lowest BCUT2D eigenvalue weighted by Crippen LogP contribution is -2.26. The second kappa shape index (κ2) is 6.91. The second-order valence-electron chi connectivity index (χ2n) is 5.46. The number of aromatic nitrogens is 4. The van der Waals surface area contributed by atoms with Crippen molar-refractivity contribution in [1.29, 1.82) is 0 Å². The molecule has 0 aliphatic heterocycles. The average molecular weight is 322 g/mol. The standard InChI is InChI=1S/C17H18N6O/c1-22(11-13-10-20-23(2)12-13)16(24)14-5-3-6-15(9-14)21-17-18-7-4-8-19-17/h3-10,12H,11H2,1-2H3,(H,18,19,21). The third-order valence-electron chi connectivity index (χ3n) is 3.46. The molecule has 1 aromatic carbocycles. The van der Waals surface area contributed by atoms with Crippen molar-refractivity contribution in [3.05, 3.63) is 66.2 Å². The van der Waals surface area contributed by atoms with Crippen LogP contribution in [0.25, 0.3) is 0 Å². The molecule has 3 rings (SSSR count). The summed E-state index contributed by atoms with van der Waals surface area (Å²) in [6.45, 7) is 0.506. The van der Waals surface area contributed by atoms with Crippen molar-refractivity contribution in [2.24, 2.45) is 7.05 Å². The average Bonchev–Trinajstić information content (AvgIpc) is 3.00. The van der Waals surface area contributed by atoms with Gasteiger partial charge in [-0.2, -0.15) is 5.10 Å². The lowest BCUT2D eigenvalue weighted by Gasteiger charge is -2.16. The molecule has 0 fully saturated rings. The zero-order valence-electron chi connectivity index (χ0n) is 13.5. The molecule has 0 saturated heterocycles. The zero-order chi connectivity index (χ0) is 16.9. The summed E-state index contributed by atoms with van der Waals surface area (Å²) in [6.07, 6.45) is 6.97. The molecule has 24 heavy (non-hydrogen) atoms. The van der Waals surface area contributed by atoms with Crippen molar-refractivity contribution in [3.63, 3.8) is 0 Å². The summed E-state index contributed by atoms with van der Waals surface area (Å²) in [7, 11) is 3.63. The minimum atomic E-state index is -0.0588. The van der Waals surface area contributed by atoms with E-state index in [0.717, 1.165) is 11.3 Å². The van der Waals surface area contributed by atoms with Crippen LogP contribution in [0, 0.1) is 0 Å². The minimum absolute atomic E-state index is 0.0588. The Morgan fingerprint density at radius 3 is 2.75 bits per heavy atom. The maximum Gasteiger partial charge on any atom is 0.253 e. The summed E-state index contributed by atoms with van der Waals surface area (Å²) >= 11 is 0. The molecule has 2 heterocycles. The first kappa shape index (κ1) is 15.7. The molecule has 0 aliphatic rings. The molecule has 0 unspecified atom stereocenters. The van der Waals surface area contributed by atoms with E-state index in [1.165, 1.54) is 0 Å². The number of amides is 1. The molecule has 3 aromatic rings. The van der Waals surface area contributed by atoms with E-state index in [4.69, 9.17) is 0 Å².